The third-order valence-corrected chi connectivity index (χ3v) is 7.54. The number of thioether (sulfide) groups is 2. The standard InChI is InChI=1S/C15H14N8O5S3/c1-22-15(18-20-21-22)30-4-7-3-29-13-9(12(25)23(13)10(7)14(26)27)17-11(24)8(19-28)6-2-16-31-5-6/h2,5,9,13,28H,3-4H2,1H3,(H,17,24)(H,26,27)/t9?,13-/m0/s1. The van der Waals surface area contributed by atoms with E-state index in [1.54, 1.807) is 7.05 Å². The fourth-order valence-corrected chi connectivity index (χ4v) is 5.91. The Bertz CT molecular complexity index is 1100. The number of carboxylic acids is 1. The highest BCUT2D eigenvalue weighted by Gasteiger charge is 2.54. The first-order valence-corrected chi connectivity index (χ1v) is 11.5. The Morgan fingerprint density at radius 2 is 2.26 bits per heavy atom. The number of carbonyl (C=O) groups is 3. The summed E-state index contributed by atoms with van der Waals surface area (Å²) in [7, 11) is 1.67. The van der Waals surface area contributed by atoms with Gasteiger partial charge in [0.2, 0.25) is 5.16 Å². The van der Waals surface area contributed by atoms with Gasteiger partial charge in [-0.1, -0.05) is 16.9 Å². The number of rotatable bonds is 7. The molecule has 2 aromatic heterocycles. The van der Waals surface area contributed by atoms with Gasteiger partial charge in [0.1, 0.15) is 17.1 Å². The Labute approximate surface area is 186 Å². The molecule has 31 heavy (non-hydrogen) atoms. The van der Waals surface area contributed by atoms with Crippen molar-refractivity contribution in [1.29, 1.82) is 0 Å². The summed E-state index contributed by atoms with van der Waals surface area (Å²) in [5.74, 6) is -1.87. The minimum atomic E-state index is -1.22. The summed E-state index contributed by atoms with van der Waals surface area (Å²) in [5, 5.41) is 37.0. The van der Waals surface area contributed by atoms with Crippen LogP contribution in [0, 0.1) is 0 Å². The number of tetrazole rings is 1. The van der Waals surface area contributed by atoms with Gasteiger partial charge in [0.15, 0.2) is 5.71 Å². The molecule has 0 radical (unpaired) electrons. The molecular weight excluding hydrogens is 468 g/mol. The van der Waals surface area contributed by atoms with Crippen LogP contribution in [0.15, 0.2) is 33.2 Å². The van der Waals surface area contributed by atoms with Crippen LogP contribution < -0.4 is 5.32 Å². The maximum Gasteiger partial charge on any atom is 0.352 e. The number of fused-ring (bicyclic) bond motifs is 1. The lowest BCUT2D eigenvalue weighted by atomic mass is 10.0. The minimum Gasteiger partial charge on any atom is -0.477 e. The minimum absolute atomic E-state index is 0.0973. The molecule has 2 aromatic rings. The highest BCUT2D eigenvalue weighted by molar-refractivity contribution is 8.01. The van der Waals surface area contributed by atoms with Gasteiger partial charge in [-0.05, 0) is 27.5 Å². The van der Waals surface area contributed by atoms with Crippen LogP contribution in [0.1, 0.15) is 5.56 Å². The maximum atomic E-state index is 12.7. The van der Waals surface area contributed by atoms with Crippen LogP contribution in [0.3, 0.4) is 0 Å². The van der Waals surface area contributed by atoms with Gasteiger partial charge in [0.25, 0.3) is 11.8 Å². The summed E-state index contributed by atoms with van der Waals surface area (Å²) in [6.45, 7) is 0. The van der Waals surface area contributed by atoms with Crippen LogP contribution in [-0.2, 0) is 21.4 Å². The molecule has 0 spiro atoms. The van der Waals surface area contributed by atoms with Crippen LogP contribution in [0.4, 0.5) is 0 Å². The number of hydrogen-bond donors (Lipinski definition) is 3. The van der Waals surface area contributed by atoms with Gasteiger partial charge in [-0.3, -0.25) is 14.5 Å². The Hall–Kier alpha value is -2.98. The van der Waals surface area contributed by atoms with Crippen molar-refractivity contribution in [2.24, 2.45) is 12.2 Å². The second-order valence-corrected chi connectivity index (χ2v) is 9.06. The lowest BCUT2D eigenvalue weighted by Gasteiger charge is -2.49. The van der Waals surface area contributed by atoms with Crippen molar-refractivity contribution >= 4 is 58.6 Å². The monoisotopic (exact) mass is 482 g/mol. The maximum absolute atomic E-state index is 12.7. The molecule has 13 nitrogen and oxygen atoms in total. The van der Waals surface area contributed by atoms with Crippen LogP contribution >= 0.6 is 35.1 Å². The van der Waals surface area contributed by atoms with Crippen molar-refractivity contribution in [2.75, 3.05) is 11.5 Å². The molecule has 4 rings (SSSR count). The van der Waals surface area contributed by atoms with Gasteiger partial charge in [-0.25, -0.2) is 13.8 Å². The van der Waals surface area contributed by atoms with E-state index in [9.17, 15) is 24.7 Å². The molecule has 0 aromatic carbocycles. The molecule has 4 heterocycles. The van der Waals surface area contributed by atoms with Gasteiger partial charge in [-0.2, -0.15) is 0 Å². The summed E-state index contributed by atoms with van der Waals surface area (Å²) >= 11 is 3.68. The number of nitrogens with one attached hydrogen (secondary N) is 1. The number of β-lactam (4-membered cyclic amide) rings is 1. The van der Waals surface area contributed by atoms with Crippen LogP contribution in [0.25, 0.3) is 0 Å². The van der Waals surface area contributed by atoms with Crippen molar-refractivity contribution in [2.45, 2.75) is 16.6 Å². The molecule has 0 aliphatic carbocycles. The predicted octanol–water partition coefficient (Wildman–Crippen LogP) is -0.624. The van der Waals surface area contributed by atoms with Gasteiger partial charge >= 0.3 is 5.97 Å². The Balaban J connectivity index is 1.49. The van der Waals surface area contributed by atoms with E-state index in [-0.39, 0.29) is 11.4 Å². The highest BCUT2D eigenvalue weighted by atomic mass is 32.2. The summed E-state index contributed by atoms with van der Waals surface area (Å²) in [6.07, 6.45) is 1.37. The number of hydrogen-bond acceptors (Lipinski definition) is 12. The summed E-state index contributed by atoms with van der Waals surface area (Å²) in [4.78, 5) is 38.3. The Morgan fingerprint density at radius 1 is 1.45 bits per heavy atom. The largest absolute Gasteiger partial charge is 0.477 e. The lowest BCUT2D eigenvalue weighted by molar-refractivity contribution is -0.150. The molecule has 1 fully saturated rings. The number of aromatic nitrogens is 5. The number of oxime groups is 1. The van der Waals surface area contributed by atoms with Gasteiger partial charge in [0.05, 0.1) is 6.20 Å². The van der Waals surface area contributed by atoms with Crippen molar-refractivity contribution in [1.82, 2.24) is 34.8 Å². The number of nitrogens with zero attached hydrogens (tertiary/aromatic N) is 7. The quantitative estimate of drug-likeness (QED) is 0.151. The first-order chi connectivity index (χ1) is 14.9. The molecule has 2 atom stereocenters. The van der Waals surface area contributed by atoms with E-state index in [0.717, 1.165) is 11.5 Å². The summed E-state index contributed by atoms with van der Waals surface area (Å²) in [6, 6.07) is -0.938. The van der Waals surface area contributed by atoms with Crippen LogP contribution in [-0.4, -0.2) is 86.2 Å². The molecule has 0 bridgehead atoms. The number of aryl methyl sites for hydroxylation is 1. The third kappa shape index (κ3) is 3.88. The molecule has 0 saturated carbocycles. The molecule has 3 N–H and O–H groups in total. The second-order valence-electron chi connectivity index (χ2n) is 6.35. The number of amides is 2. The van der Waals surface area contributed by atoms with Gasteiger partial charge in [0, 0.05) is 29.5 Å². The topological polar surface area (TPSA) is 176 Å². The molecule has 1 unspecified atom stereocenters. The fourth-order valence-electron chi connectivity index (χ4n) is 3.06. The molecule has 1 saturated heterocycles. The number of carboxylic acid groups (broad SMARTS) is 1. The second kappa shape index (κ2) is 8.64. The SMILES string of the molecule is Cn1nnnc1SCC1=C(C(=O)O)N2C(=O)C(NC(=O)C(=NO)c3cnsc3)[C@@H]2SC1. The van der Waals surface area contributed by atoms with Crippen molar-refractivity contribution < 1.29 is 24.7 Å². The van der Waals surface area contributed by atoms with E-state index >= 15 is 0 Å². The van der Waals surface area contributed by atoms with Crippen LogP contribution in [0.2, 0.25) is 0 Å². The van der Waals surface area contributed by atoms with E-state index in [2.05, 4.69) is 30.4 Å². The van der Waals surface area contributed by atoms with E-state index in [1.165, 1.54) is 44.7 Å². The molecule has 2 amide bonds. The molecule has 162 valence electrons. The van der Waals surface area contributed by atoms with Crippen LogP contribution in [0.5, 0.6) is 0 Å². The molecule has 2 aliphatic heterocycles. The highest BCUT2D eigenvalue weighted by Crippen LogP contribution is 2.41. The van der Waals surface area contributed by atoms with E-state index in [1.807, 2.05) is 0 Å². The summed E-state index contributed by atoms with van der Waals surface area (Å²) in [5.41, 5.74) is 0.500. The molecule has 16 heteroatoms. The zero-order valence-corrected chi connectivity index (χ0v) is 18.1. The van der Waals surface area contributed by atoms with E-state index in [4.69, 9.17) is 0 Å². The fraction of sp³-hybridized carbons (Fsp3) is 0.333. The van der Waals surface area contributed by atoms with Crippen molar-refractivity contribution in [3.05, 3.63) is 28.4 Å². The number of aliphatic carboxylic acids is 1. The zero-order valence-electron chi connectivity index (χ0n) is 15.7. The van der Waals surface area contributed by atoms with E-state index < -0.39 is 29.2 Å². The average Bonchev–Trinajstić information content (AvgIpc) is 3.42. The van der Waals surface area contributed by atoms with Crippen molar-refractivity contribution in [3.8, 4) is 0 Å². The van der Waals surface area contributed by atoms with E-state index in [0.29, 0.717) is 27.8 Å². The lowest BCUT2D eigenvalue weighted by Crippen LogP contribution is -2.71. The van der Waals surface area contributed by atoms with Gasteiger partial charge < -0.3 is 15.6 Å². The zero-order chi connectivity index (χ0) is 22.1. The van der Waals surface area contributed by atoms with Gasteiger partial charge in [-0.15, -0.1) is 16.9 Å². The first kappa shape index (κ1) is 21.3. The Morgan fingerprint density at radius 3 is 2.87 bits per heavy atom. The normalized spacial score (nSPS) is 21.0. The average molecular weight is 483 g/mol. The Kier molecular flexibility index (Phi) is 5.92. The first-order valence-electron chi connectivity index (χ1n) is 8.60. The summed E-state index contributed by atoms with van der Waals surface area (Å²) < 4.78 is 5.32. The molecular formula is C15H14N8O5S3. The third-order valence-electron chi connectivity index (χ3n) is 4.51. The molecule has 2 aliphatic rings. The van der Waals surface area contributed by atoms with Crippen molar-refractivity contribution in [3.63, 3.8) is 0 Å². The number of carbonyl (C=O) groups excluding carboxylic acids is 2. The predicted molar refractivity (Wildman–Crippen MR) is 110 cm³/mol. The smallest absolute Gasteiger partial charge is 0.352 e.